The molecule has 0 atom stereocenters. The number of thiazole rings is 1. The topological polar surface area (TPSA) is 127 Å². The SMILES string of the molecule is COCCCNc1nc(Nc2ccc(F)c(Cl)c2)ncc1-c1nc(-c2ccn(C)n2)c(C(=O)O)s1. The number of nitrogens with one attached hydrogen (secondary N) is 2. The van der Waals surface area contributed by atoms with Crippen molar-refractivity contribution in [1.29, 1.82) is 0 Å². The number of rotatable bonds is 10. The number of aromatic nitrogens is 5. The van der Waals surface area contributed by atoms with E-state index in [4.69, 9.17) is 16.3 Å². The van der Waals surface area contributed by atoms with Gasteiger partial charge in [-0.05, 0) is 30.7 Å². The van der Waals surface area contributed by atoms with E-state index in [1.807, 2.05) is 0 Å². The van der Waals surface area contributed by atoms with Crippen molar-refractivity contribution in [3.05, 3.63) is 52.4 Å². The third-order valence-corrected chi connectivity index (χ3v) is 6.16. The third-order valence-electron chi connectivity index (χ3n) is 4.79. The van der Waals surface area contributed by atoms with Gasteiger partial charge in [0, 0.05) is 45.4 Å². The number of nitrogens with zero attached hydrogens (tertiary/aromatic N) is 5. The first-order valence-electron chi connectivity index (χ1n) is 10.4. The van der Waals surface area contributed by atoms with E-state index in [0.29, 0.717) is 47.3 Å². The molecule has 0 saturated heterocycles. The van der Waals surface area contributed by atoms with E-state index in [1.165, 1.54) is 18.2 Å². The normalized spacial score (nSPS) is 11.0. The van der Waals surface area contributed by atoms with Crippen molar-refractivity contribution in [2.24, 2.45) is 7.05 Å². The number of hydrogen-bond acceptors (Lipinski definition) is 9. The predicted molar refractivity (Wildman–Crippen MR) is 132 cm³/mol. The molecule has 182 valence electrons. The fourth-order valence-corrected chi connectivity index (χ4v) is 4.26. The Bertz CT molecular complexity index is 1360. The molecule has 0 unspecified atom stereocenters. The van der Waals surface area contributed by atoms with Gasteiger partial charge in [0.15, 0.2) is 0 Å². The zero-order chi connectivity index (χ0) is 24.9. The second-order valence-corrected chi connectivity index (χ2v) is 8.77. The smallest absolute Gasteiger partial charge is 0.348 e. The second kappa shape index (κ2) is 10.8. The Hall–Kier alpha value is -3.61. The molecule has 35 heavy (non-hydrogen) atoms. The van der Waals surface area contributed by atoms with E-state index in [-0.39, 0.29) is 21.5 Å². The molecule has 3 N–H and O–H groups in total. The highest BCUT2D eigenvalue weighted by Crippen LogP contribution is 2.36. The van der Waals surface area contributed by atoms with Gasteiger partial charge in [-0.15, -0.1) is 11.3 Å². The molecule has 3 heterocycles. The number of aryl methyl sites for hydroxylation is 1. The number of methoxy groups -OCH3 is 1. The lowest BCUT2D eigenvalue weighted by atomic mass is 10.2. The van der Waals surface area contributed by atoms with Crippen molar-refractivity contribution in [3.8, 4) is 22.0 Å². The van der Waals surface area contributed by atoms with Crippen LogP contribution in [0.5, 0.6) is 0 Å². The highest BCUT2D eigenvalue weighted by atomic mass is 35.5. The van der Waals surface area contributed by atoms with Crippen molar-refractivity contribution >= 4 is 46.4 Å². The number of hydrogen-bond donors (Lipinski definition) is 3. The molecular formula is C22H21ClFN7O3S. The molecule has 0 spiro atoms. The number of carbonyl (C=O) groups is 1. The number of carboxylic acid groups (broad SMARTS) is 1. The molecule has 0 amide bonds. The average molecular weight is 518 g/mol. The highest BCUT2D eigenvalue weighted by molar-refractivity contribution is 7.17. The lowest BCUT2D eigenvalue weighted by molar-refractivity contribution is 0.0702. The summed E-state index contributed by atoms with van der Waals surface area (Å²) in [5.41, 5.74) is 1.76. The van der Waals surface area contributed by atoms with Gasteiger partial charge in [0.1, 0.15) is 32.9 Å². The fraction of sp³-hybridized carbons (Fsp3) is 0.227. The van der Waals surface area contributed by atoms with Crippen molar-refractivity contribution in [2.45, 2.75) is 6.42 Å². The van der Waals surface area contributed by atoms with E-state index >= 15 is 0 Å². The van der Waals surface area contributed by atoms with Gasteiger partial charge >= 0.3 is 5.97 Å². The van der Waals surface area contributed by atoms with E-state index in [1.54, 1.807) is 37.3 Å². The summed E-state index contributed by atoms with van der Waals surface area (Å²) in [6.45, 7) is 1.10. The Morgan fingerprint density at radius 1 is 1.31 bits per heavy atom. The number of carboxylic acids is 1. The number of halogens is 2. The molecule has 0 aliphatic heterocycles. The molecule has 10 nitrogen and oxygen atoms in total. The van der Waals surface area contributed by atoms with Gasteiger partial charge in [-0.25, -0.2) is 19.2 Å². The van der Waals surface area contributed by atoms with Crippen molar-refractivity contribution in [2.75, 3.05) is 30.9 Å². The number of ether oxygens (including phenoxy) is 1. The predicted octanol–water partition coefficient (Wildman–Crippen LogP) is 4.68. The van der Waals surface area contributed by atoms with Crippen LogP contribution in [0.15, 0.2) is 36.7 Å². The average Bonchev–Trinajstić information content (AvgIpc) is 3.46. The van der Waals surface area contributed by atoms with Crippen LogP contribution in [0.1, 0.15) is 16.1 Å². The van der Waals surface area contributed by atoms with E-state index in [0.717, 1.165) is 11.3 Å². The van der Waals surface area contributed by atoms with Crippen LogP contribution in [0.25, 0.3) is 22.0 Å². The molecule has 4 aromatic rings. The van der Waals surface area contributed by atoms with Crippen LogP contribution in [0, 0.1) is 5.82 Å². The summed E-state index contributed by atoms with van der Waals surface area (Å²) < 4.78 is 20.2. The van der Waals surface area contributed by atoms with Gasteiger partial charge < -0.3 is 20.5 Å². The minimum absolute atomic E-state index is 0.0319. The number of aromatic carboxylic acids is 1. The molecule has 0 bridgehead atoms. The van der Waals surface area contributed by atoms with Crippen LogP contribution >= 0.6 is 22.9 Å². The molecule has 13 heteroatoms. The first kappa shape index (κ1) is 24.5. The Kier molecular flexibility index (Phi) is 7.54. The molecule has 0 aliphatic carbocycles. The molecule has 0 saturated carbocycles. The molecule has 0 fully saturated rings. The maximum Gasteiger partial charge on any atom is 0.348 e. The van der Waals surface area contributed by atoms with Crippen LogP contribution in [-0.4, -0.2) is 56.1 Å². The fourth-order valence-electron chi connectivity index (χ4n) is 3.15. The summed E-state index contributed by atoms with van der Waals surface area (Å²) in [7, 11) is 3.36. The van der Waals surface area contributed by atoms with Crippen LogP contribution in [-0.2, 0) is 11.8 Å². The van der Waals surface area contributed by atoms with Gasteiger partial charge in [0.2, 0.25) is 5.95 Å². The maximum atomic E-state index is 13.5. The van der Waals surface area contributed by atoms with E-state index < -0.39 is 11.8 Å². The van der Waals surface area contributed by atoms with Crippen molar-refractivity contribution in [1.82, 2.24) is 24.7 Å². The summed E-state index contributed by atoms with van der Waals surface area (Å²) in [6.07, 6.45) is 3.98. The van der Waals surface area contributed by atoms with Gasteiger partial charge in [-0.3, -0.25) is 4.68 Å². The summed E-state index contributed by atoms with van der Waals surface area (Å²) >= 11 is 6.88. The first-order chi connectivity index (χ1) is 16.9. The van der Waals surface area contributed by atoms with Crippen molar-refractivity contribution < 1.29 is 19.0 Å². The van der Waals surface area contributed by atoms with Crippen LogP contribution in [0.4, 0.5) is 21.8 Å². The zero-order valence-corrected chi connectivity index (χ0v) is 20.3. The Morgan fingerprint density at radius 3 is 2.83 bits per heavy atom. The minimum Gasteiger partial charge on any atom is -0.477 e. The van der Waals surface area contributed by atoms with E-state index in [9.17, 15) is 14.3 Å². The summed E-state index contributed by atoms with van der Waals surface area (Å²) in [4.78, 5) is 25.4. The van der Waals surface area contributed by atoms with E-state index in [2.05, 4.69) is 30.7 Å². The molecule has 0 radical (unpaired) electrons. The Morgan fingerprint density at radius 2 is 2.14 bits per heavy atom. The molecular weight excluding hydrogens is 497 g/mol. The van der Waals surface area contributed by atoms with Gasteiger partial charge in [0.25, 0.3) is 0 Å². The Labute approximate surface area is 208 Å². The van der Waals surface area contributed by atoms with Crippen LogP contribution in [0.3, 0.4) is 0 Å². The summed E-state index contributed by atoms with van der Waals surface area (Å²) in [6, 6.07) is 5.89. The van der Waals surface area contributed by atoms with Gasteiger partial charge in [-0.2, -0.15) is 10.1 Å². The number of benzene rings is 1. The standard InChI is InChI=1S/C22H21ClFN7O3S/c1-31-8-6-16(30-31)17-18(21(32)33)35-20(28-17)13-11-26-22(29-19(13)25-7-3-9-34-2)27-12-4-5-15(24)14(23)10-12/h4-6,8,10-11H,3,7,9H2,1-2H3,(H,32,33)(H2,25,26,27,29). The lowest BCUT2D eigenvalue weighted by Gasteiger charge is -2.12. The summed E-state index contributed by atoms with van der Waals surface area (Å²) in [5, 5.41) is 20.7. The lowest BCUT2D eigenvalue weighted by Crippen LogP contribution is -2.09. The monoisotopic (exact) mass is 517 g/mol. The first-order valence-corrected chi connectivity index (χ1v) is 11.6. The quantitative estimate of drug-likeness (QED) is 0.257. The third kappa shape index (κ3) is 5.73. The maximum absolute atomic E-state index is 13.5. The van der Waals surface area contributed by atoms with Crippen LogP contribution < -0.4 is 10.6 Å². The van der Waals surface area contributed by atoms with Gasteiger partial charge in [-0.1, -0.05) is 11.6 Å². The minimum atomic E-state index is -1.10. The summed E-state index contributed by atoms with van der Waals surface area (Å²) in [5.74, 6) is -0.942. The molecule has 1 aromatic carbocycles. The number of anilines is 3. The Balaban J connectivity index is 1.71. The second-order valence-electron chi connectivity index (χ2n) is 7.36. The van der Waals surface area contributed by atoms with Crippen LogP contribution in [0.2, 0.25) is 5.02 Å². The largest absolute Gasteiger partial charge is 0.477 e. The molecule has 3 aromatic heterocycles. The zero-order valence-electron chi connectivity index (χ0n) is 18.7. The van der Waals surface area contributed by atoms with Crippen molar-refractivity contribution in [3.63, 3.8) is 0 Å². The molecule has 0 aliphatic rings. The molecule has 4 rings (SSSR count). The van der Waals surface area contributed by atoms with Gasteiger partial charge in [0.05, 0.1) is 10.6 Å². The highest BCUT2D eigenvalue weighted by Gasteiger charge is 2.23.